The van der Waals surface area contributed by atoms with E-state index < -0.39 is 0 Å². The summed E-state index contributed by atoms with van der Waals surface area (Å²) in [5.74, 6) is 1.39. The van der Waals surface area contributed by atoms with Gasteiger partial charge in [0.1, 0.15) is 0 Å². The quantitative estimate of drug-likeness (QED) is 0.177. The van der Waals surface area contributed by atoms with Crippen LogP contribution in [0.25, 0.3) is 109 Å². The first-order valence-corrected chi connectivity index (χ1v) is 17.5. The van der Waals surface area contributed by atoms with Crippen LogP contribution in [0.15, 0.2) is 170 Å². The monoisotopic (exact) mass is 660 g/mol. The lowest BCUT2D eigenvalue weighted by molar-refractivity contribution is 1.18. The Morgan fingerprint density at radius 1 is 0.269 bits per heavy atom. The molecule has 0 aliphatic rings. The Morgan fingerprint density at radius 2 is 0.808 bits per heavy atom. The molecule has 0 saturated heterocycles. The van der Waals surface area contributed by atoms with Gasteiger partial charge in [-0.05, 0) is 123 Å². The van der Waals surface area contributed by atoms with Crippen molar-refractivity contribution in [2.45, 2.75) is 0 Å². The largest absolute Gasteiger partial charge is 0.237 e. The first kappa shape index (κ1) is 28.8. The van der Waals surface area contributed by atoms with Crippen LogP contribution >= 0.6 is 0 Å². The summed E-state index contributed by atoms with van der Waals surface area (Å²) in [5, 5.41) is 16.9. The molecule has 0 N–H and O–H groups in total. The fraction of sp³-hybridized carbons (Fsp3) is 0. The predicted molar refractivity (Wildman–Crippen MR) is 216 cm³/mol. The molecule has 0 saturated carbocycles. The number of aromatic nitrogens is 4. The second kappa shape index (κ2) is 11.2. The van der Waals surface area contributed by atoms with Gasteiger partial charge in [0.25, 0.3) is 0 Å². The molecule has 11 aromatic rings. The van der Waals surface area contributed by atoms with Gasteiger partial charge in [-0.1, -0.05) is 109 Å². The van der Waals surface area contributed by atoms with Gasteiger partial charge in [0.15, 0.2) is 11.6 Å². The van der Waals surface area contributed by atoms with Crippen molar-refractivity contribution in [2.75, 3.05) is 0 Å². The topological polar surface area (TPSA) is 51.6 Å². The maximum Gasteiger partial charge on any atom is 0.159 e. The van der Waals surface area contributed by atoms with E-state index in [4.69, 9.17) is 9.97 Å². The molecule has 9 aromatic carbocycles. The van der Waals surface area contributed by atoms with Crippen LogP contribution in [0.2, 0.25) is 0 Å². The molecule has 2 heterocycles. The van der Waals surface area contributed by atoms with E-state index in [-0.39, 0.29) is 0 Å². The van der Waals surface area contributed by atoms with Gasteiger partial charge >= 0.3 is 0 Å². The molecule has 240 valence electrons. The molecule has 0 radical (unpaired) electrons. The van der Waals surface area contributed by atoms with Gasteiger partial charge in [-0.2, -0.15) is 0 Å². The summed E-state index contributed by atoms with van der Waals surface area (Å²) in [5.41, 5.74) is 4.15. The van der Waals surface area contributed by atoms with Crippen molar-refractivity contribution in [3.05, 3.63) is 170 Å². The molecule has 4 nitrogen and oxygen atoms in total. The van der Waals surface area contributed by atoms with Crippen molar-refractivity contribution in [1.82, 2.24) is 19.9 Å². The zero-order chi connectivity index (χ0) is 34.2. The zero-order valence-corrected chi connectivity index (χ0v) is 28.0. The van der Waals surface area contributed by atoms with E-state index in [0.717, 1.165) is 33.0 Å². The smallest absolute Gasteiger partial charge is 0.159 e. The lowest BCUT2D eigenvalue weighted by Gasteiger charge is -2.18. The summed E-state index contributed by atoms with van der Waals surface area (Å²) in [6, 6.07) is 52.7. The van der Waals surface area contributed by atoms with Crippen molar-refractivity contribution in [2.24, 2.45) is 0 Å². The van der Waals surface area contributed by atoms with E-state index >= 15 is 0 Å². The Bertz CT molecular complexity index is 3220. The van der Waals surface area contributed by atoms with Gasteiger partial charge in [-0.25, -0.2) is 19.9 Å². The van der Waals surface area contributed by atoms with Gasteiger partial charge in [0, 0.05) is 35.9 Å². The molecule has 0 aliphatic carbocycles. The third kappa shape index (κ3) is 4.34. The minimum Gasteiger partial charge on any atom is -0.237 e. The summed E-state index contributed by atoms with van der Waals surface area (Å²) < 4.78 is 0. The van der Waals surface area contributed by atoms with Gasteiger partial charge in [-0.15, -0.1) is 0 Å². The Hall–Kier alpha value is -7.04. The maximum atomic E-state index is 4.86. The third-order valence-corrected chi connectivity index (χ3v) is 10.6. The molecule has 11 rings (SSSR count). The Morgan fingerprint density at radius 3 is 1.56 bits per heavy atom. The van der Waals surface area contributed by atoms with E-state index in [1.807, 2.05) is 24.5 Å². The molecule has 0 spiro atoms. The number of hydrogen-bond acceptors (Lipinski definition) is 4. The highest BCUT2D eigenvalue weighted by Gasteiger charge is 2.19. The summed E-state index contributed by atoms with van der Waals surface area (Å²) in [6.45, 7) is 0. The van der Waals surface area contributed by atoms with E-state index in [2.05, 4.69) is 143 Å². The summed E-state index contributed by atoms with van der Waals surface area (Å²) >= 11 is 0. The molecule has 2 aromatic heterocycles. The van der Waals surface area contributed by atoms with Gasteiger partial charge in [0.05, 0.1) is 0 Å². The standard InChI is InChI=1S/C48H28N4/c1-3-9-35-29(7-1)17-19-38-37-20-18-34(47-49-21-5-22-50-47)26-40(37)43(28-42(35)38)41-25-33-16-15-32-14-13-31-12-11-30-8-2-4-10-36(30)45(31)46(32)39(33)27-44(41)48-51-23-6-24-52-48/h1-28H. The highest BCUT2D eigenvalue weighted by molar-refractivity contribution is 6.29. The van der Waals surface area contributed by atoms with Crippen LogP contribution in [0.4, 0.5) is 0 Å². The highest BCUT2D eigenvalue weighted by atomic mass is 14.9. The predicted octanol–water partition coefficient (Wildman–Crippen LogP) is 12.3. The zero-order valence-electron chi connectivity index (χ0n) is 28.0. The molecule has 4 heteroatoms. The Kier molecular flexibility index (Phi) is 6.22. The van der Waals surface area contributed by atoms with Crippen LogP contribution in [0, 0.1) is 0 Å². The molecule has 52 heavy (non-hydrogen) atoms. The van der Waals surface area contributed by atoms with Crippen molar-refractivity contribution >= 4 is 75.4 Å². The summed E-state index contributed by atoms with van der Waals surface area (Å²) in [6.07, 6.45) is 7.26. The van der Waals surface area contributed by atoms with E-state index in [0.29, 0.717) is 11.6 Å². The van der Waals surface area contributed by atoms with Gasteiger partial charge in [0.2, 0.25) is 0 Å². The first-order valence-electron chi connectivity index (χ1n) is 17.5. The average Bonchev–Trinajstić information content (AvgIpc) is 3.22. The van der Waals surface area contributed by atoms with Gasteiger partial charge < -0.3 is 0 Å². The molecular weight excluding hydrogens is 633 g/mol. The van der Waals surface area contributed by atoms with Crippen LogP contribution in [0.3, 0.4) is 0 Å². The normalized spacial score (nSPS) is 11.8. The molecule has 0 atom stereocenters. The highest BCUT2D eigenvalue weighted by Crippen LogP contribution is 2.45. The summed E-state index contributed by atoms with van der Waals surface area (Å²) in [4.78, 5) is 18.9. The molecule has 0 bridgehead atoms. The summed E-state index contributed by atoms with van der Waals surface area (Å²) in [7, 11) is 0. The Labute approximate surface area is 298 Å². The number of rotatable bonds is 3. The first-order chi connectivity index (χ1) is 25.8. The lowest BCUT2D eigenvalue weighted by atomic mass is 9.86. The minimum atomic E-state index is 0.690. The number of nitrogens with zero attached hydrogens (tertiary/aromatic N) is 4. The third-order valence-electron chi connectivity index (χ3n) is 10.6. The van der Waals surface area contributed by atoms with Crippen LogP contribution in [-0.4, -0.2) is 19.9 Å². The van der Waals surface area contributed by atoms with Crippen LogP contribution in [0.1, 0.15) is 0 Å². The SMILES string of the molecule is c1cnc(-c2ccc3c(c2)c(-c2cc4ccc5ccc6ccc7ccccc7c6c5c4cc2-c2ncccn2)cc2c4ccccc4ccc32)nc1. The fourth-order valence-corrected chi connectivity index (χ4v) is 8.26. The molecular formula is C48H28N4. The number of fused-ring (bicyclic) bond motifs is 12. The van der Waals surface area contributed by atoms with Gasteiger partial charge in [-0.3, -0.25) is 0 Å². The van der Waals surface area contributed by atoms with E-state index in [1.54, 1.807) is 12.4 Å². The van der Waals surface area contributed by atoms with E-state index in [9.17, 15) is 0 Å². The molecule has 0 unspecified atom stereocenters. The van der Waals surface area contributed by atoms with Crippen molar-refractivity contribution in [3.63, 3.8) is 0 Å². The molecule has 0 aliphatic heterocycles. The number of hydrogen-bond donors (Lipinski definition) is 0. The minimum absolute atomic E-state index is 0.690. The van der Waals surface area contributed by atoms with Crippen LogP contribution in [0.5, 0.6) is 0 Å². The molecule has 0 amide bonds. The maximum absolute atomic E-state index is 4.86. The second-order valence-electron chi connectivity index (χ2n) is 13.4. The molecule has 0 fully saturated rings. The van der Waals surface area contributed by atoms with E-state index in [1.165, 1.54) is 64.6 Å². The Balaban J connectivity index is 1.31. The lowest BCUT2D eigenvalue weighted by Crippen LogP contribution is -1.95. The second-order valence-corrected chi connectivity index (χ2v) is 13.4. The van der Waals surface area contributed by atoms with Crippen LogP contribution < -0.4 is 0 Å². The van der Waals surface area contributed by atoms with Crippen molar-refractivity contribution in [3.8, 4) is 33.9 Å². The van der Waals surface area contributed by atoms with Crippen molar-refractivity contribution < 1.29 is 0 Å². The van der Waals surface area contributed by atoms with Crippen molar-refractivity contribution in [1.29, 1.82) is 0 Å². The van der Waals surface area contributed by atoms with Crippen LogP contribution in [-0.2, 0) is 0 Å². The fourth-order valence-electron chi connectivity index (χ4n) is 8.26. The average molecular weight is 661 g/mol. The number of benzene rings is 9.